The fraction of sp³-hybridized carbons (Fsp3) is 0.435. The molecule has 1 saturated heterocycles. The minimum atomic E-state index is -0.924. The SMILES string of the molecule is O=C1NC2CC(C2)NC(=O)C2(C/C=C/COc3cn(-c4ccccc4)nc31)CNCCO2. The molecule has 1 saturated carbocycles. The number of benzene rings is 1. The Morgan fingerprint density at radius 3 is 2.66 bits per heavy atom. The van der Waals surface area contributed by atoms with E-state index in [-0.39, 0.29) is 36.2 Å². The first-order chi connectivity index (χ1) is 15.6. The average molecular weight is 438 g/mol. The van der Waals surface area contributed by atoms with Crippen LogP contribution in [0.2, 0.25) is 0 Å². The third-order valence-electron chi connectivity index (χ3n) is 6.16. The summed E-state index contributed by atoms with van der Waals surface area (Å²) < 4.78 is 13.5. The molecular weight excluding hydrogens is 410 g/mol. The molecular formula is C23H27N5O4. The quantitative estimate of drug-likeness (QED) is 0.574. The van der Waals surface area contributed by atoms with Crippen molar-refractivity contribution in [2.24, 2.45) is 0 Å². The molecule has 2 amide bonds. The number of nitrogens with one attached hydrogen (secondary N) is 3. The van der Waals surface area contributed by atoms with Crippen LogP contribution in [0.4, 0.5) is 0 Å². The molecule has 1 aliphatic carbocycles. The monoisotopic (exact) mass is 437 g/mol. The second kappa shape index (κ2) is 8.76. The third kappa shape index (κ3) is 4.13. The van der Waals surface area contributed by atoms with Crippen molar-refractivity contribution in [2.45, 2.75) is 36.9 Å². The van der Waals surface area contributed by atoms with Gasteiger partial charge < -0.3 is 25.4 Å². The number of aromatic nitrogens is 2. The zero-order chi connectivity index (χ0) is 22.0. The number of carbonyl (C=O) groups excluding carboxylic acids is 2. The molecule has 6 rings (SSSR count). The number of fused-ring (bicyclic) bond motifs is 5. The molecule has 2 aromatic rings. The molecule has 1 aromatic heterocycles. The maximum Gasteiger partial charge on any atom is 0.275 e. The maximum atomic E-state index is 13.0. The summed E-state index contributed by atoms with van der Waals surface area (Å²) in [5.74, 6) is 0.0308. The topological polar surface area (TPSA) is 107 Å². The van der Waals surface area contributed by atoms with Crippen LogP contribution >= 0.6 is 0 Å². The molecule has 1 unspecified atom stereocenters. The van der Waals surface area contributed by atoms with E-state index in [9.17, 15) is 9.59 Å². The summed E-state index contributed by atoms with van der Waals surface area (Å²) in [5, 5.41) is 13.9. The zero-order valence-electron chi connectivity index (χ0n) is 17.8. The number of rotatable bonds is 1. The highest BCUT2D eigenvalue weighted by Crippen LogP contribution is 2.26. The molecule has 2 bridgehead atoms. The summed E-state index contributed by atoms with van der Waals surface area (Å²) in [6, 6.07) is 9.59. The van der Waals surface area contributed by atoms with Crippen molar-refractivity contribution in [1.29, 1.82) is 0 Å². The number of morpholine rings is 1. The molecule has 4 heterocycles. The molecule has 168 valence electrons. The molecule has 9 nitrogen and oxygen atoms in total. The number of carbonyl (C=O) groups is 2. The fourth-order valence-electron chi connectivity index (χ4n) is 4.27. The van der Waals surface area contributed by atoms with Crippen LogP contribution in [-0.2, 0) is 9.53 Å². The number of amides is 2. The van der Waals surface area contributed by atoms with Crippen molar-refractivity contribution in [3.63, 3.8) is 0 Å². The first kappa shape index (κ1) is 20.7. The Morgan fingerprint density at radius 2 is 1.88 bits per heavy atom. The highest BCUT2D eigenvalue weighted by Gasteiger charge is 2.43. The molecule has 4 aliphatic rings. The molecule has 2 fully saturated rings. The molecule has 0 radical (unpaired) electrons. The predicted molar refractivity (Wildman–Crippen MR) is 117 cm³/mol. The van der Waals surface area contributed by atoms with Gasteiger partial charge in [-0.25, -0.2) is 4.68 Å². The maximum absolute atomic E-state index is 13.0. The first-order valence-electron chi connectivity index (χ1n) is 11.0. The van der Waals surface area contributed by atoms with Gasteiger partial charge in [-0.15, -0.1) is 0 Å². The Bertz CT molecular complexity index is 1010. The van der Waals surface area contributed by atoms with E-state index < -0.39 is 5.60 Å². The van der Waals surface area contributed by atoms with Crippen molar-refractivity contribution < 1.29 is 19.1 Å². The van der Waals surface area contributed by atoms with Gasteiger partial charge >= 0.3 is 0 Å². The number of hydrogen-bond donors (Lipinski definition) is 3. The summed E-state index contributed by atoms with van der Waals surface area (Å²) in [7, 11) is 0. The summed E-state index contributed by atoms with van der Waals surface area (Å²) in [5.41, 5.74) is 0.171. The van der Waals surface area contributed by atoms with Crippen molar-refractivity contribution in [3.05, 3.63) is 54.4 Å². The van der Waals surface area contributed by atoms with Crippen LogP contribution in [0.5, 0.6) is 5.75 Å². The van der Waals surface area contributed by atoms with Gasteiger partial charge in [0.05, 0.1) is 18.5 Å². The van der Waals surface area contributed by atoms with E-state index in [0.717, 1.165) is 12.2 Å². The lowest BCUT2D eigenvalue weighted by atomic mass is 9.85. The molecule has 9 heteroatoms. The van der Waals surface area contributed by atoms with Crippen molar-refractivity contribution >= 4 is 11.8 Å². The molecule has 32 heavy (non-hydrogen) atoms. The van der Waals surface area contributed by atoms with Gasteiger partial charge in [0.1, 0.15) is 6.61 Å². The van der Waals surface area contributed by atoms with Crippen LogP contribution in [0, 0.1) is 0 Å². The number of hydrogen-bond acceptors (Lipinski definition) is 6. The van der Waals surface area contributed by atoms with E-state index in [0.29, 0.717) is 38.2 Å². The van der Waals surface area contributed by atoms with Crippen LogP contribution in [0.15, 0.2) is 48.7 Å². The van der Waals surface area contributed by atoms with Crippen LogP contribution in [0.25, 0.3) is 5.69 Å². The van der Waals surface area contributed by atoms with Crippen LogP contribution < -0.4 is 20.7 Å². The lowest BCUT2D eigenvalue weighted by Crippen LogP contribution is -2.63. The van der Waals surface area contributed by atoms with Gasteiger partial charge in [-0.2, -0.15) is 5.10 Å². The molecule has 1 aromatic carbocycles. The van der Waals surface area contributed by atoms with E-state index in [4.69, 9.17) is 9.47 Å². The zero-order valence-corrected chi connectivity index (χ0v) is 17.8. The smallest absolute Gasteiger partial charge is 0.275 e. The average Bonchev–Trinajstić information content (AvgIpc) is 3.22. The van der Waals surface area contributed by atoms with Gasteiger partial charge in [0, 0.05) is 31.6 Å². The second-order valence-electron chi connectivity index (χ2n) is 8.44. The normalized spacial score (nSPS) is 29.4. The lowest BCUT2D eigenvalue weighted by molar-refractivity contribution is -0.151. The summed E-state index contributed by atoms with van der Waals surface area (Å²) in [6.45, 7) is 1.93. The van der Waals surface area contributed by atoms with Crippen LogP contribution in [0.1, 0.15) is 29.8 Å². The minimum absolute atomic E-state index is 0.0157. The van der Waals surface area contributed by atoms with Gasteiger partial charge in [0.2, 0.25) is 0 Å². The summed E-state index contributed by atoms with van der Waals surface area (Å²) in [4.78, 5) is 25.9. The Kier molecular flexibility index (Phi) is 5.67. The minimum Gasteiger partial charge on any atom is -0.485 e. The van der Waals surface area contributed by atoms with Crippen molar-refractivity contribution in [1.82, 2.24) is 25.7 Å². The van der Waals surface area contributed by atoms with Crippen LogP contribution in [-0.4, -0.2) is 65.6 Å². The Labute approximate surface area is 186 Å². The number of ether oxygens (including phenoxy) is 2. The van der Waals surface area contributed by atoms with Gasteiger partial charge in [0.25, 0.3) is 11.8 Å². The lowest BCUT2D eigenvalue weighted by Gasteiger charge is -2.41. The molecule has 1 spiro atoms. The van der Waals surface area contributed by atoms with E-state index in [1.165, 1.54) is 0 Å². The van der Waals surface area contributed by atoms with E-state index in [1.807, 2.05) is 42.5 Å². The van der Waals surface area contributed by atoms with Gasteiger partial charge in [-0.1, -0.05) is 30.4 Å². The third-order valence-corrected chi connectivity index (χ3v) is 6.16. The molecule has 3 N–H and O–H groups in total. The fourth-order valence-corrected chi connectivity index (χ4v) is 4.27. The Morgan fingerprint density at radius 1 is 1.06 bits per heavy atom. The molecule has 1 atom stereocenters. The van der Waals surface area contributed by atoms with Crippen LogP contribution in [0.3, 0.4) is 0 Å². The second-order valence-corrected chi connectivity index (χ2v) is 8.44. The largest absolute Gasteiger partial charge is 0.485 e. The van der Waals surface area contributed by atoms with E-state index >= 15 is 0 Å². The highest BCUT2D eigenvalue weighted by atomic mass is 16.5. The predicted octanol–water partition coefficient (Wildman–Crippen LogP) is 0.947. The first-order valence-corrected chi connectivity index (χ1v) is 11.0. The van der Waals surface area contributed by atoms with E-state index in [2.05, 4.69) is 21.0 Å². The van der Waals surface area contributed by atoms with Crippen molar-refractivity contribution in [3.8, 4) is 11.4 Å². The Balaban J connectivity index is 1.40. The number of nitrogens with zero attached hydrogens (tertiary/aromatic N) is 2. The van der Waals surface area contributed by atoms with E-state index in [1.54, 1.807) is 10.9 Å². The van der Waals surface area contributed by atoms with Gasteiger partial charge in [-0.3, -0.25) is 9.59 Å². The van der Waals surface area contributed by atoms with Gasteiger partial charge in [-0.05, 0) is 25.0 Å². The molecule has 3 aliphatic heterocycles. The number of para-hydroxylation sites is 1. The van der Waals surface area contributed by atoms with Crippen molar-refractivity contribution in [2.75, 3.05) is 26.3 Å². The summed E-state index contributed by atoms with van der Waals surface area (Å²) >= 11 is 0. The van der Waals surface area contributed by atoms with Gasteiger partial charge in [0.15, 0.2) is 17.0 Å². The summed E-state index contributed by atoms with van der Waals surface area (Å²) in [6.07, 6.45) is 7.25. The standard InChI is InChI=1S/C23H27N5O4/c29-21-20-19(14-28(27-20)18-6-2-1-3-7-18)31-10-5-4-8-23(15-24-9-11-32-23)22(30)26-17-12-16(13-17)25-21/h1-7,14,16-17,24H,8-13,15H2,(H,25,29)(H,26,30)/b5-4+. The highest BCUT2D eigenvalue weighted by molar-refractivity contribution is 5.95. The Hall–Kier alpha value is -3.17.